The monoisotopic (exact) mass is 517 g/mol. The second-order valence-corrected chi connectivity index (χ2v) is 9.22. The van der Waals surface area contributed by atoms with Crippen molar-refractivity contribution in [2.75, 3.05) is 13.1 Å². The standard InChI is InChI=1S/C26H51N5O3.ClH/c1-3-5-7-9-10-11-12-13-14-16-20-29-24(33)22(18-17-21-30-26(27)28)31-25(34)23(32)19-15-8-6-4-2;/h22H,3-21H2,1-2H3,(H,29,33)(H,31,34)(H4,27,28,30);1H. The van der Waals surface area contributed by atoms with Gasteiger partial charge in [0, 0.05) is 19.5 Å². The topological polar surface area (TPSA) is 137 Å². The summed E-state index contributed by atoms with van der Waals surface area (Å²) in [7, 11) is 0. The summed E-state index contributed by atoms with van der Waals surface area (Å²) >= 11 is 0. The van der Waals surface area contributed by atoms with Gasteiger partial charge < -0.3 is 21.7 Å². The Balaban J connectivity index is 0. The van der Waals surface area contributed by atoms with E-state index in [1.54, 1.807) is 0 Å². The summed E-state index contributed by atoms with van der Waals surface area (Å²) in [5.41, 5.74) is 5.29. The smallest absolute Gasteiger partial charge is 0.288 e. The van der Waals surface area contributed by atoms with Crippen LogP contribution in [0.15, 0.2) is 0 Å². The molecule has 9 heteroatoms. The van der Waals surface area contributed by atoms with Crippen LogP contribution in [0.3, 0.4) is 0 Å². The van der Waals surface area contributed by atoms with E-state index in [9.17, 15) is 14.4 Å². The zero-order valence-electron chi connectivity index (χ0n) is 22.2. The highest BCUT2D eigenvalue weighted by Gasteiger charge is 2.23. The lowest BCUT2D eigenvalue weighted by Gasteiger charge is -2.18. The predicted molar refractivity (Wildman–Crippen MR) is 147 cm³/mol. The van der Waals surface area contributed by atoms with Crippen LogP contribution in [0.2, 0.25) is 0 Å². The van der Waals surface area contributed by atoms with Crippen molar-refractivity contribution < 1.29 is 14.4 Å². The quantitative estimate of drug-likeness (QED) is 0.0577. The molecule has 0 aromatic carbocycles. The van der Waals surface area contributed by atoms with Crippen molar-refractivity contribution in [2.45, 2.75) is 129 Å². The molecule has 0 saturated heterocycles. The fraction of sp³-hybridized carbons (Fsp3) is 0.846. The van der Waals surface area contributed by atoms with E-state index in [4.69, 9.17) is 11.1 Å². The largest absolute Gasteiger partial charge is 0.370 e. The first-order valence-corrected chi connectivity index (χ1v) is 13.6. The first kappa shape index (κ1) is 35.3. The average Bonchev–Trinajstić information content (AvgIpc) is 2.81. The Morgan fingerprint density at radius 1 is 0.714 bits per heavy atom. The zero-order chi connectivity index (χ0) is 25.4. The molecule has 0 aromatic rings. The molecule has 0 rings (SSSR count). The van der Waals surface area contributed by atoms with Gasteiger partial charge in [0.1, 0.15) is 6.04 Å². The zero-order valence-corrected chi connectivity index (χ0v) is 23.0. The summed E-state index contributed by atoms with van der Waals surface area (Å²) in [5, 5.41) is 15.4. The van der Waals surface area contributed by atoms with Gasteiger partial charge in [0.05, 0.1) is 0 Å². The van der Waals surface area contributed by atoms with Crippen LogP contribution in [-0.2, 0) is 14.4 Å². The molecule has 0 radical (unpaired) electrons. The molecule has 35 heavy (non-hydrogen) atoms. The molecule has 8 nitrogen and oxygen atoms in total. The van der Waals surface area contributed by atoms with E-state index in [-0.39, 0.29) is 30.7 Å². The van der Waals surface area contributed by atoms with Gasteiger partial charge in [-0.25, -0.2) is 0 Å². The van der Waals surface area contributed by atoms with Gasteiger partial charge in [-0.05, 0) is 25.7 Å². The maximum absolute atomic E-state index is 12.7. The van der Waals surface area contributed by atoms with E-state index in [1.807, 2.05) is 0 Å². The number of guanidine groups is 1. The SMILES string of the molecule is CCCCCCCCCCCCNC(=O)C(CCCNC(=N)N)NC(=O)C(=O)CCCCCC.Cl. The van der Waals surface area contributed by atoms with E-state index < -0.39 is 17.7 Å². The van der Waals surface area contributed by atoms with Crippen molar-refractivity contribution in [1.29, 1.82) is 5.41 Å². The molecule has 6 N–H and O–H groups in total. The number of Topliss-reactive ketones (excluding diaryl/α,β-unsaturated/α-hetero) is 1. The Bertz CT molecular complexity index is 575. The van der Waals surface area contributed by atoms with Gasteiger partial charge in [-0.3, -0.25) is 19.8 Å². The van der Waals surface area contributed by atoms with Crippen molar-refractivity contribution in [1.82, 2.24) is 16.0 Å². The molecular formula is C26H52ClN5O3. The van der Waals surface area contributed by atoms with Crippen molar-refractivity contribution in [3.05, 3.63) is 0 Å². The Labute approximate surface area is 219 Å². The van der Waals surface area contributed by atoms with E-state index in [0.717, 1.165) is 32.1 Å². The minimum Gasteiger partial charge on any atom is -0.370 e. The fourth-order valence-corrected chi connectivity index (χ4v) is 3.81. The first-order chi connectivity index (χ1) is 16.4. The van der Waals surface area contributed by atoms with Crippen molar-refractivity contribution in [2.24, 2.45) is 5.73 Å². The van der Waals surface area contributed by atoms with Crippen LogP contribution < -0.4 is 21.7 Å². The van der Waals surface area contributed by atoms with Crippen LogP contribution in [0.5, 0.6) is 0 Å². The number of halogens is 1. The van der Waals surface area contributed by atoms with Gasteiger partial charge in [0.15, 0.2) is 5.96 Å². The summed E-state index contributed by atoms with van der Waals surface area (Å²) in [6, 6.07) is -0.760. The number of ketones is 1. The summed E-state index contributed by atoms with van der Waals surface area (Å²) in [5.74, 6) is -1.54. The second kappa shape index (κ2) is 25.3. The highest BCUT2D eigenvalue weighted by atomic mass is 35.5. The molecule has 0 aliphatic carbocycles. The number of carbonyl (C=O) groups excluding carboxylic acids is 3. The van der Waals surface area contributed by atoms with Crippen molar-refractivity contribution in [3.63, 3.8) is 0 Å². The van der Waals surface area contributed by atoms with Crippen molar-refractivity contribution >= 4 is 36.0 Å². The maximum atomic E-state index is 12.7. The number of hydrogen-bond donors (Lipinski definition) is 5. The Hall–Kier alpha value is -1.83. The number of hydrogen-bond acceptors (Lipinski definition) is 4. The molecule has 0 aliphatic heterocycles. The number of carbonyl (C=O) groups is 3. The van der Waals surface area contributed by atoms with Gasteiger partial charge >= 0.3 is 0 Å². The summed E-state index contributed by atoms with van der Waals surface area (Å²) < 4.78 is 0. The minimum absolute atomic E-state index is 0. The minimum atomic E-state index is -0.760. The van der Waals surface area contributed by atoms with Crippen LogP contribution in [0.25, 0.3) is 0 Å². The third kappa shape index (κ3) is 22.4. The molecule has 0 aromatic heterocycles. The third-order valence-electron chi connectivity index (χ3n) is 5.95. The molecule has 1 unspecified atom stereocenters. The van der Waals surface area contributed by atoms with Gasteiger partial charge in [0.25, 0.3) is 5.91 Å². The molecule has 0 spiro atoms. The fourth-order valence-electron chi connectivity index (χ4n) is 3.81. The molecule has 0 fully saturated rings. The van der Waals surface area contributed by atoms with E-state index in [0.29, 0.717) is 32.4 Å². The van der Waals surface area contributed by atoms with Crippen LogP contribution in [0.1, 0.15) is 123 Å². The number of rotatable bonds is 23. The molecule has 206 valence electrons. The van der Waals surface area contributed by atoms with Crippen LogP contribution in [0, 0.1) is 5.41 Å². The molecule has 2 amide bonds. The van der Waals surface area contributed by atoms with Crippen LogP contribution in [-0.4, -0.2) is 42.7 Å². The lowest BCUT2D eigenvalue weighted by atomic mass is 10.1. The molecule has 0 saturated carbocycles. The average molecular weight is 518 g/mol. The summed E-state index contributed by atoms with van der Waals surface area (Å²) in [6.45, 7) is 5.32. The molecule has 0 heterocycles. The number of amides is 2. The highest BCUT2D eigenvalue weighted by molar-refractivity contribution is 6.36. The molecule has 1 atom stereocenters. The van der Waals surface area contributed by atoms with Crippen molar-refractivity contribution in [3.8, 4) is 0 Å². The number of nitrogens with two attached hydrogens (primary N) is 1. The molecular weight excluding hydrogens is 466 g/mol. The van der Waals surface area contributed by atoms with E-state index in [2.05, 4.69) is 29.8 Å². The van der Waals surface area contributed by atoms with Gasteiger partial charge in [0.2, 0.25) is 11.7 Å². The normalized spacial score (nSPS) is 11.3. The summed E-state index contributed by atoms with van der Waals surface area (Å²) in [4.78, 5) is 37.1. The van der Waals surface area contributed by atoms with Gasteiger partial charge in [-0.1, -0.05) is 90.9 Å². The lowest BCUT2D eigenvalue weighted by Crippen LogP contribution is -2.49. The Morgan fingerprint density at radius 3 is 1.74 bits per heavy atom. The number of unbranched alkanes of at least 4 members (excludes halogenated alkanes) is 12. The summed E-state index contributed by atoms with van der Waals surface area (Å²) in [6.07, 6.45) is 17.1. The van der Waals surface area contributed by atoms with Gasteiger partial charge in [-0.2, -0.15) is 0 Å². The number of nitrogens with one attached hydrogen (secondary N) is 4. The van der Waals surface area contributed by atoms with Gasteiger partial charge in [-0.15, -0.1) is 12.4 Å². The predicted octanol–water partition coefficient (Wildman–Crippen LogP) is 4.73. The third-order valence-corrected chi connectivity index (χ3v) is 5.95. The van der Waals surface area contributed by atoms with E-state index >= 15 is 0 Å². The highest BCUT2D eigenvalue weighted by Crippen LogP contribution is 2.10. The lowest BCUT2D eigenvalue weighted by molar-refractivity contribution is -0.139. The first-order valence-electron chi connectivity index (χ1n) is 13.6. The molecule has 0 bridgehead atoms. The molecule has 0 aliphatic rings. The van der Waals surface area contributed by atoms with Crippen LogP contribution >= 0.6 is 12.4 Å². The van der Waals surface area contributed by atoms with E-state index in [1.165, 1.54) is 51.4 Å². The second-order valence-electron chi connectivity index (χ2n) is 9.22. The Morgan fingerprint density at radius 2 is 1.20 bits per heavy atom. The Kier molecular flexibility index (Phi) is 25.5. The maximum Gasteiger partial charge on any atom is 0.288 e. The van der Waals surface area contributed by atoms with Crippen LogP contribution in [0.4, 0.5) is 0 Å².